The Balaban J connectivity index is 0.000000181. The maximum Gasteiger partial charge on any atom is 0.178 e. The quantitative estimate of drug-likeness (QED) is 0.0654. The minimum atomic E-state index is -0.561. The van der Waals surface area contributed by atoms with Crippen molar-refractivity contribution in [2.24, 2.45) is 0 Å². The van der Waals surface area contributed by atoms with E-state index in [1.54, 1.807) is 12.4 Å². The molecule has 0 amide bonds. The monoisotopic (exact) mass is 948 g/mol. The van der Waals surface area contributed by atoms with Crippen LogP contribution in [0.4, 0.5) is 0 Å². The van der Waals surface area contributed by atoms with Gasteiger partial charge in [-0.15, -0.1) is 0 Å². The fourth-order valence-corrected chi connectivity index (χ4v) is 7.75. The van der Waals surface area contributed by atoms with Crippen molar-refractivity contribution >= 4 is 54.2 Å². The van der Waals surface area contributed by atoms with E-state index < -0.39 is 12.2 Å². The first-order valence-electron chi connectivity index (χ1n) is 20.6. The molecule has 0 bridgehead atoms. The lowest BCUT2D eigenvalue weighted by Gasteiger charge is -2.32. The van der Waals surface area contributed by atoms with Gasteiger partial charge in [0.25, 0.3) is 0 Å². The summed E-state index contributed by atoms with van der Waals surface area (Å²) in [5.74, 6) is 2.96. The topological polar surface area (TPSA) is 182 Å². The zero-order valence-electron chi connectivity index (χ0n) is 33.8. The van der Waals surface area contributed by atoms with E-state index in [1.165, 1.54) is 19.4 Å². The lowest BCUT2D eigenvalue weighted by atomic mass is 10.1. The first kappa shape index (κ1) is 44.0. The Bertz CT molecular complexity index is 2220. The lowest BCUT2D eigenvalue weighted by Crippen LogP contribution is -2.48. The number of halogens is 2. The summed E-state index contributed by atoms with van der Waals surface area (Å²) in [6, 6.07) is 19.7. The van der Waals surface area contributed by atoms with Gasteiger partial charge in [0.05, 0.1) is 24.2 Å². The number of aliphatic hydroxyl groups excluding tert-OH is 2. The van der Waals surface area contributed by atoms with E-state index in [0.717, 1.165) is 101 Å². The molecule has 3 unspecified atom stereocenters. The smallest absolute Gasteiger partial charge is 0.178 e. The van der Waals surface area contributed by atoms with Crippen LogP contribution in [-0.2, 0) is 4.74 Å². The molecule has 17 heteroatoms. The Morgan fingerprint density at radius 1 is 0.783 bits per heavy atom. The molecule has 0 spiro atoms. The number of morpholine rings is 1. The number of aromatic amines is 2. The van der Waals surface area contributed by atoms with Crippen molar-refractivity contribution in [2.45, 2.75) is 38.0 Å². The van der Waals surface area contributed by atoms with Crippen molar-refractivity contribution in [3.8, 4) is 34.3 Å². The number of piperidine rings is 1. The average Bonchev–Trinajstić information content (AvgIpc) is 3.91. The number of fused-ring (bicyclic) bond motifs is 2. The van der Waals surface area contributed by atoms with Gasteiger partial charge < -0.3 is 49.9 Å². The summed E-state index contributed by atoms with van der Waals surface area (Å²) in [6.07, 6.45) is 4.74. The fraction of sp³-hybridized carbons (Fsp3) is 0.442. The molecule has 2 aliphatic rings. The van der Waals surface area contributed by atoms with Crippen LogP contribution in [0.15, 0.2) is 82.0 Å². The van der Waals surface area contributed by atoms with E-state index in [2.05, 4.69) is 89.1 Å². The fourth-order valence-electron chi connectivity index (χ4n) is 7.09. The lowest BCUT2D eigenvalue weighted by molar-refractivity contribution is 0.0376. The van der Waals surface area contributed by atoms with Crippen LogP contribution in [0.1, 0.15) is 19.8 Å². The average molecular weight is 951 g/mol. The molecule has 3 atom stereocenters. The number of nitrogens with zero attached hydrogens (tertiary/aromatic N) is 6. The van der Waals surface area contributed by atoms with Crippen LogP contribution in [0.2, 0.25) is 0 Å². The summed E-state index contributed by atoms with van der Waals surface area (Å²) in [6.45, 7) is 12.4. The number of H-pyrrole nitrogens is 2. The predicted octanol–water partition coefficient (Wildman–Crippen LogP) is 5.25. The number of likely N-dealkylation sites (N-methyl/N-ethyl adjacent to an activating group) is 1. The minimum absolute atomic E-state index is 0.243. The Hall–Kier alpha value is -4.04. The molecule has 6 aromatic rings. The molecular weight excluding hydrogens is 896 g/mol. The van der Waals surface area contributed by atoms with E-state index in [1.807, 2.05) is 60.7 Å². The second kappa shape index (κ2) is 22.2. The number of rotatable bonds is 17. The number of ether oxygens (including phenoxy) is 3. The molecule has 0 aliphatic carbocycles. The van der Waals surface area contributed by atoms with Crippen LogP contribution >= 0.6 is 31.9 Å². The normalized spacial score (nSPS) is 17.3. The van der Waals surface area contributed by atoms with Gasteiger partial charge in [-0.1, -0.05) is 6.92 Å². The SMILES string of the molecule is CCN1CCCC(NCC(O)COc2ccc(-c3nc4ncc(Br)cc4[nH]3)cc2)C1.OC(CNCCN1CCOCC1)COc1ccc(-c2nc3ncc(Br)cc3[nH]2)cc1. The molecule has 8 rings (SSSR count). The minimum Gasteiger partial charge on any atom is -0.491 e. The summed E-state index contributed by atoms with van der Waals surface area (Å²) in [5, 5.41) is 27.2. The molecule has 4 aromatic heterocycles. The number of aliphatic hydroxyl groups is 2. The number of benzene rings is 2. The third-order valence-corrected chi connectivity index (χ3v) is 11.3. The number of likely N-dealkylation sites (tertiary alicyclic amines) is 1. The van der Waals surface area contributed by atoms with Crippen molar-refractivity contribution in [2.75, 3.05) is 85.3 Å². The summed E-state index contributed by atoms with van der Waals surface area (Å²) in [7, 11) is 0. The molecule has 2 aromatic carbocycles. The Morgan fingerprint density at radius 3 is 1.88 bits per heavy atom. The van der Waals surface area contributed by atoms with Crippen LogP contribution < -0.4 is 20.1 Å². The number of hydrogen-bond donors (Lipinski definition) is 6. The molecule has 15 nitrogen and oxygen atoms in total. The number of imidazole rings is 2. The Labute approximate surface area is 366 Å². The van der Waals surface area contributed by atoms with Gasteiger partial charge in [-0.05, 0) is 118 Å². The van der Waals surface area contributed by atoms with Crippen LogP contribution in [0.3, 0.4) is 0 Å². The Kier molecular flexibility index (Phi) is 16.3. The molecule has 60 heavy (non-hydrogen) atoms. The van der Waals surface area contributed by atoms with Crippen molar-refractivity contribution < 1.29 is 24.4 Å². The van der Waals surface area contributed by atoms with Gasteiger partial charge >= 0.3 is 0 Å². The highest BCUT2D eigenvalue weighted by atomic mass is 79.9. The van der Waals surface area contributed by atoms with E-state index in [-0.39, 0.29) is 13.2 Å². The molecule has 2 aliphatic heterocycles. The molecule has 2 saturated heterocycles. The van der Waals surface area contributed by atoms with Crippen molar-refractivity contribution in [1.82, 2.24) is 50.3 Å². The maximum absolute atomic E-state index is 10.3. The number of nitrogens with one attached hydrogen (secondary N) is 4. The standard InChI is InChI=1S/C22H28BrN5O2.C21H26BrN5O3/c1-2-28-9-3-4-17(13-28)24-12-18(29)14-30-19-7-5-15(6-8-19)21-26-20-10-16(23)11-25-22(20)27-21;22-16-11-19-21(24-12-16)26-20(25-19)15-1-3-18(4-2-15)30-14-17(28)13-23-5-6-27-7-9-29-10-8-27/h5-8,10-11,17-18,24,29H,2-4,9,12-14H2,1H3,(H,25,26,27);1-4,11-12,17,23,28H,5-10,13-14H2,(H,24,25,26). The molecule has 2 fully saturated rings. The van der Waals surface area contributed by atoms with Crippen molar-refractivity contribution in [1.29, 1.82) is 0 Å². The van der Waals surface area contributed by atoms with Crippen LogP contribution in [0.5, 0.6) is 11.5 Å². The molecule has 320 valence electrons. The van der Waals surface area contributed by atoms with Crippen molar-refractivity contribution in [3.63, 3.8) is 0 Å². The van der Waals surface area contributed by atoms with Gasteiger partial charge in [0.2, 0.25) is 0 Å². The zero-order chi connectivity index (χ0) is 41.7. The van der Waals surface area contributed by atoms with E-state index >= 15 is 0 Å². The molecule has 0 radical (unpaired) electrons. The molecular formula is C43H54Br2N10O5. The third kappa shape index (κ3) is 13.0. The third-order valence-electron chi connectivity index (χ3n) is 10.4. The summed E-state index contributed by atoms with van der Waals surface area (Å²) >= 11 is 6.84. The van der Waals surface area contributed by atoms with Gasteiger partial charge in [-0.25, -0.2) is 19.9 Å². The van der Waals surface area contributed by atoms with Crippen LogP contribution in [0.25, 0.3) is 45.1 Å². The number of hydrogen-bond acceptors (Lipinski definition) is 13. The van der Waals surface area contributed by atoms with Crippen LogP contribution in [-0.4, -0.2) is 153 Å². The number of aromatic nitrogens is 6. The highest BCUT2D eigenvalue weighted by Gasteiger charge is 2.19. The van der Waals surface area contributed by atoms with Gasteiger partial charge in [-0.2, -0.15) is 0 Å². The predicted molar refractivity (Wildman–Crippen MR) is 240 cm³/mol. The maximum atomic E-state index is 10.3. The zero-order valence-corrected chi connectivity index (χ0v) is 37.0. The first-order chi connectivity index (χ1) is 29.3. The van der Waals surface area contributed by atoms with Gasteiger partial charge in [0, 0.05) is 84.3 Å². The highest BCUT2D eigenvalue weighted by molar-refractivity contribution is 9.10. The van der Waals surface area contributed by atoms with Gasteiger partial charge in [-0.3, -0.25) is 4.90 Å². The van der Waals surface area contributed by atoms with E-state index in [9.17, 15) is 10.2 Å². The van der Waals surface area contributed by atoms with E-state index in [4.69, 9.17) is 14.2 Å². The molecule has 6 N–H and O–H groups in total. The second-order valence-electron chi connectivity index (χ2n) is 15.0. The van der Waals surface area contributed by atoms with Crippen molar-refractivity contribution in [3.05, 3.63) is 82.0 Å². The summed E-state index contributed by atoms with van der Waals surface area (Å²) in [5.41, 5.74) is 5.03. The molecule has 6 heterocycles. The van der Waals surface area contributed by atoms with Gasteiger partial charge in [0.1, 0.15) is 48.6 Å². The molecule has 0 saturated carbocycles. The first-order valence-corrected chi connectivity index (χ1v) is 22.2. The largest absolute Gasteiger partial charge is 0.491 e. The summed E-state index contributed by atoms with van der Waals surface area (Å²) in [4.78, 5) is 29.0. The van der Waals surface area contributed by atoms with Crippen LogP contribution in [0, 0.1) is 0 Å². The second-order valence-corrected chi connectivity index (χ2v) is 16.8. The van der Waals surface area contributed by atoms with E-state index in [0.29, 0.717) is 36.2 Å². The Morgan fingerprint density at radius 2 is 1.33 bits per heavy atom. The highest BCUT2D eigenvalue weighted by Crippen LogP contribution is 2.25. The van der Waals surface area contributed by atoms with Gasteiger partial charge in [0.15, 0.2) is 11.3 Å². The summed E-state index contributed by atoms with van der Waals surface area (Å²) < 4.78 is 18.6. The number of pyridine rings is 2.